The molecule has 0 unspecified atom stereocenters. The summed E-state index contributed by atoms with van der Waals surface area (Å²) in [6.45, 7) is -0.0829. The van der Waals surface area contributed by atoms with E-state index in [1.807, 2.05) is 0 Å². The average Bonchev–Trinajstić information content (AvgIpc) is 2.59. The Hall–Kier alpha value is -1.70. The number of aliphatic hydroxyl groups is 1. The van der Waals surface area contributed by atoms with Gasteiger partial charge in [-0.3, -0.25) is 4.79 Å². The first kappa shape index (κ1) is 20.6. The molecule has 1 aromatic carbocycles. The van der Waals surface area contributed by atoms with Gasteiger partial charge < -0.3 is 10.0 Å². The van der Waals surface area contributed by atoms with Gasteiger partial charge in [0.25, 0.3) is 12.3 Å². The van der Waals surface area contributed by atoms with E-state index in [1.165, 1.54) is 0 Å². The van der Waals surface area contributed by atoms with Gasteiger partial charge in [-0.05, 0) is 37.5 Å². The number of halogens is 5. The molecule has 1 aliphatic carbocycles. The van der Waals surface area contributed by atoms with Crippen molar-refractivity contribution in [1.29, 1.82) is 0 Å². The number of carbonyl (C=O) groups excluding carboxylic acids is 1. The molecule has 1 saturated carbocycles. The third-order valence-electron chi connectivity index (χ3n) is 4.86. The fraction of sp³-hybridized carbons (Fsp3) is 0.611. The third kappa shape index (κ3) is 4.52. The first-order valence-corrected chi connectivity index (χ1v) is 8.53. The van der Waals surface area contributed by atoms with Crippen LogP contribution in [-0.4, -0.2) is 41.1 Å². The molecule has 0 saturated heterocycles. The van der Waals surface area contributed by atoms with Crippen LogP contribution >= 0.6 is 0 Å². The van der Waals surface area contributed by atoms with Crippen LogP contribution in [0.2, 0.25) is 0 Å². The molecule has 1 atom stereocenters. The van der Waals surface area contributed by atoms with E-state index in [4.69, 9.17) is 0 Å². The Morgan fingerprint density at radius 2 is 1.69 bits per heavy atom. The molecule has 1 aliphatic rings. The van der Waals surface area contributed by atoms with Gasteiger partial charge in [0.15, 0.2) is 5.60 Å². The van der Waals surface area contributed by atoms with E-state index in [-0.39, 0.29) is 11.6 Å². The zero-order valence-electron chi connectivity index (χ0n) is 14.4. The lowest BCUT2D eigenvalue weighted by molar-refractivity contribution is -0.258. The van der Waals surface area contributed by atoms with E-state index in [1.54, 1.807) is 0 Å². The molecule has 26 heavy (non-hydrogen) atoms. The van der Waals surface area contributed by atoms with Gasteiger partial charge in [0.05, 0.1) is 6.54 Å². The summed E-state index contributed by atoms with van der Waals surface area (Å²) < 4.78 is 64.5. The summed E-state index contributed by atoms with van der Waals surface area (Å²) in [6.07, 6.45) is -3.59. The second-order valence-electron chi connectivity index (χ2n) is 6.79. The number of hydrogen-bond donors (Lipinski definition) is 1. The molecule has 0 aromatic heterocycles. The van der Waals surface area contributed by atoms with E-state index in [2.05, 4.69) is 0 Å². The van der Waals surface area contributed by atoms with Crippen molar-refractivity contribution in [2.75, 3.05) is 6.54 Å². The van der Waals surface area contributed by atoms with E-state index < -0.39 is 36.2 Å². The molecule has 0 radical (unpaired) electrons. The normalized spacial score (nSPS) is 18.6. The molecule has 0 heterocycles. The quantitative estimate of drug-likeness (QED) is 0.766. The van der Waals surface area contributed by atoms with Gasteiger partial charge in [-0.2, -0.15) is 13.2 Å². The Bertz CT molecular complexity index is 607. The number of nitrogens with zero attached hydrogens (tertiary/aromatic N) is 1. The lowest BCUT2D eigenvalue weighted by Crippen LogP contribution is -2.44. The summed E-state index contributed by atoms with van der Waals surface area (Å²) in [7, 11) is 0. The van der Waals surface area contributed by atoms with Crippen molar-refractivity contribution in [3.05, 3.63) is 35.4 Å². The van der Waals surface area contributed by atoms with Crippen LogP contribution in [0.5, 0.6) is 0 Å². The molecule has 0 aliphatic heterocycles. The van der Waals surface area contributed by atoms with Crippen molar-refractivity contribution in [3.63, 3.8) is 0 Å². The third-order valence-corrected chi connectivity index (χ3v) is 4.86. The van der Waals surface area contributed by atoms with Crippen molar-refractivity contribution in [3.8, 4) is 0 Å². The highest BCUT2D eigenvalue weighted by atomic mass is 19.4. The Morgan fingerprint density at radius 3 is 2.15 bits per heavy atom. The van der Waals surface area contributed by atoms with E-state index in [9.17, 15) is 31.9 Å². The van der Waals surface area contributed by atoms with Crippen LogP contribution in [0.4, 0.5) is 22.0 Å². The first-order valence-electron chi connectivity index (χ1n) is 8.53. The van der Waals surface area contributed by atoms with Crippen molar-refractivity contribution < 1.29 is 31.9 Å². The van der Waals surface area contributed by atoms with Gasteiger partial charge in [-0.25, -0.2) is 8.78 Å². The average molecular weight is 379 g/mol. The molecule has 3 nitrogen and oxygen atoms in total. The molecule has 8 heteroatoms. The number of rotatable bonds is 5. The Kier molecular flexibility index (Phi) is 6.26. The van der Waals surface area contributed by atoms with Crippen LogP contribution in [0.25, 0.3) is 0 Å². The predicted octanol–water partition coefficient (Wildman–Crippen LogP) is 4.50. The second-order valence-corrected chi connectivity index (χ2v) is 6.79. The molecule has 0 bridgehead atoms. The maximum atomic E-state index is 12.9. The van der Waals surface area contributed by atoms with E-state index >= 15 is 0 Å². The van der Waals surface area contributed by atoms with Crippen LogP contribution in [0.1, 0.15) is 54.9 Å². The molecule has 2 rings (SSSR count). The molecule has 146 valence electrons. The summed E-state index contributed by atoms with van der Waals surface area (Å²) in [6, 6.07) is 3.99. The smallest absolute Gasteiger partial charge is 0.376 e. The summed E-state index contributed by atoms with van der Waals surface area (Å²) >= 11 is 0. The zero-order valence-corrected chi connectivity index (χ0v) is 14.4. The Morgan fingerprint density at radius 1 is 1.15 bits per heavy atom. The highest BCUT2D eigenvalue weighted by Gasteiger charge is 2.51. The van der Waals surface area contributed by atoms with Gasteiger partial charge in [0, 0.05) is 11.6 Å². The lowest BCUT2D eigenvalue weighted by Gasteiger charge is -2.34. The van der Waals surface area contributed by atoms with Crippen LogP contribution in [0.15, 0.2) is 24.3 Å². The van der Waals surface area contributed by atoms with Gasteiger partial charge in [0.2, 0.25) is 0 Å². The Balaban J connectivity index is 2.23. The topological polar surface area (TPSA) is 40.5 Å². The minimum Gasteiger partial charge on any atom is -0.376 e. The van der Waals surface area contributed by atoms with Crippen LogP contribution in [-0.2, 0) is 5.60 Å². The maximum Gasteiger partial charge on any atom is 0.421 e. The van der Waals surface area contributed by atoms with Crippen molar-refractivity contribution in [2.45, 2.75) is 63.3 Å². The Labute approximate surface area is 148 Å². The van der Waals surface area contributed by atoms with Crippen molar-refractivity contribution in [1.82, 2.24) is 4.90 Å². The number of benzene rings is 1. The molecule has 0 spiro atoms. The van der Waals surface area contributed by atoms with Crippen molar-refractivity contribution >= 4 is 5.91 Å². The van der Waals surface area contributed by atoms with Gasteiger partial charge in [-0.15, -0.1) is 0 Å². The summed E-state index contributed by atoms with van der Waals surface area (Å²) in [4.78, 5) is 13.8. The molecule has 1 aromatic rings. The van der Waals surface area contributed by atoms with Crippen LogP contribution < -0.4 is 0 Å². The summed E-state index contributed by atoms with van der Waals surface area (Å²) in [5.41, 5.74) is -3.45. The van der Waals surface area contributed by atoms with E-state index in [0.717, 1.165) is 48.4 Å². The maximum absolute atomic E-state index is 12.9. The minimum atomic E-state index is -4.87. The van der Waals surface area contributed by atoms with Gasteiger partial charge in [-0.1, -0.05) is 31.4 Å². The summed E-state index contributed by atoms with van der Waals surface area (Å²) in [5.74, 6) is -0.629. The lowest BCUT2D eigenvalue weighted by atomic mass is 9.92. The highest BCUT2D eigenvalue weighted by molar-refractivity contribution is 5.94. The predicted molar refractivity (Wildman–Crippen MR) is 86.0 cm³/mol. The number of carbonyl (C=O) groups is 1. The minimum absolute atomic E-state index is 0.0259. The highest BCUT2D eigenvalue weighted by Crippen LogP contribution is 2.38. The number of amides is 1. The van der Waals surface area contributed by atoms with Crippen molar-refractivity contribution in [2.24, 2.45) is 0 Å². The fourth-order valence-corrected chi connectivity index (χ4v) is 3.21. The first-order chi connectivity index (χ1) is 12.0. The molecule has 1 amide bonds. The number of alkyl halides is 5. The SMILES string of the molecule is C[C@](O)(c1ccc(C(=O)N(CC(F)F)C2CCCCC2)cc1)C(F)(F)F. The zero-order chi connectivity index (χ0) is 19.5. The van der Waals surface area contributed by atoms with Crippen LogP contribution in [0.3, 0.4) is 0 Å². The molecule has 1 fully saturated rings. The summed E-state index contributed by atoms with van der Waals surface area (Å²) in [5, 5.41) is 9.66. The fourth-order valence-electron chi connectivity index (χ4n) is 3.21. The standard InChI is InChI=1S/C18H22F5NO2/c1-17(26,18(21,22)23)13-9-7-12(8-10-13)16(25)24(11-15(19)20)14-5-3-2-4-6-14/h7-10,14-15,26H,2-6,11H2,1H3/t17-/m0/s1. The monoisotopic (exact) mass is 379 g/mol. The molecular formula is C18H22F5NO2. The number of hydrogen-bond acceptors (Lipinski definition) is 2. The van der Waals surface area contributed by atoms with Gasteiger partial charge >= 0.3 is 6.18 Å². The van der Waals surface area contributed by atoms with E-state index in [0.29, 0.717) is 19.8 Å². The molecular weight excluding hydrogens is 357 g/mol. The van der Waals surface area contributed by atoms with Crippen LogP contribution in [0, 0.1) is 0 Å². The second kappa shape index (κ2) is 7.90. The van der Waals surface area contributed by atoms with Gasteiger partial charge in [0.1, 0.15) is 0 Å². The molecule has 1 N–H and O–H groups in total. The largest absolute Gasteiger partial charge is 0.421 e.